The van der Waals surface area contributed by atoms with Crippen molar-refractivity contribution >= 4 is 23.6 Å². The molecule has 0 N–H and O–H groups in total. The van der Waals surface area contributed by atoms with Crippen LogP contribution >= 0.6 is 0 Å². The van der Waals surface area contributed by atoms with Crippen molar-refractivity contribution in [1.29, 1.82) is 0 Å². The molecule has 1 fully saturated rings. The smallest absolute Gasteiger partial charge is 0.258 e. The molecule has 26 heavy (non-hydrogen) atoms. The lowest BCUT2D eigenvalue weighted by atomic mass is 10.0. The summed E-state index contributed by atoms with van der Waals surface area (Å²) >= 11 is 0. The van der Waals surface area contributed by atoms with Crippen LogP contribution in [0, 0.1) is 0 Å². The quantitative estimate of drug-likeness (QED) is 0.825. The summed E-state index contributed by atoms with van der Waals surface area (Å²) in [7, 11) is 0. The van der Waals surface area contributed by atoms with E-state index in [1.807, 2.05) is 41.3 Å². The van der Waals surface area contributed by atoms with Gasteiger partial charge in [-0.15, -0.1) is 0 Å². The second-order valence-corrected chi connectivity index (χ2v) is 6.81. The number of nitrogens with zero attached hydrogens (tertiary/aromatic N) is 2. The fourth-order valence-electron chi connectivity index (χ4n) is 3.64. The van der Waals surface area contributed by atoms with Gasteiger partial charge in [-0.1, -0.05) is 30.4 Å². The van der Waals surface area contributed by atoms with Gasteiger partial charge >= 0.3 is 0 Å². The number of para-hydroxylation sites is 1. The molecule has 2 aromatic carbocycles. The van der Waals surface area contributed by atoms with Crippen molar-refractivity contribution < 1.29 is 9.59 Å². The first-order chi connectivity index (χ1) is 12.7. The minimum absolute atomic E-state index is 0.0428. The number of piperidine rings is 1. The molecule has 2 aliphatic rings. The number of benzene rings is 2. The van der Waals surface area contributed by atoms with Crippen LogP contribution in [0.5, 0.6) is 0 Å². The standard InChI is InChI=1S/C22H22N2O2/c25-21(23-14-4-1-5-15-23)18-10-12-19(13-11-18)22(26)24-16-6-8-17-7-2-3-9-20(17)24/h2-3,6-13H,1,4-5,14-16H2. The van der Waals surface area contributed by atoms with Crippen molar-refractivity contribution in [2.75, 3.05) is 24.5 Å². The van der Waals surface area contributed by atoms with Crippen LogP contribution in [0.15, 0.2) is 54.6 Å². The zero-order chi connectivity index (χ0) is 17.9. The van der Waals surface area contributed by atoms with Crippen LogP contribution in [0.4, 0.5) is 5.69 Å². The van der Waals surface area contributed by atoms with Gasteiger partial charge in [0, 0.05) is 30.8 Å². The van der Waals surface area contributed by atoms with E-state index in [1.165, 1.54) is 6.42 Å². The highest BCUT2D eigenvalue weighted by molar-refractivity contribution is 6.08. The largest absolute Gasteiger partial charge is 0.339 e. The van der Waals surface area contributed by atoms with Crippen LogP contribution in [0.1, 0.15) is 45.5 Å². The number of anilines is 1. The fourth-order valence-corrected chi connectivity index (χ4v) is 3.64. The Labute approximate surface area is 153 Å². The predicted octanol–water partition coefficient (Wildman–Crippen LogP) is 3.99. The Morgan fingerprint density at radius 3 is 2.15 bits per heavy atom. The zero-order valence-corrected chi connectivity index (χ0v) is 14.7. The normalized spacial score (nSPS) is 16.3. The van der Waals surface area contributed by atoms with Crippen LogP contribution in [0.25, 0.3) is 6.08 Å². The lowest BCUT2D eigenvalue weighted by Gasteiger charge is -2.27. The molecule has 0 radical (unpaired) electrons. The number of likely N-dealkylation sites (tertiary alicyclic amines) is 1. The van der Waals surface area contributed by atoms with E-state index in [1.54, 1.807) is 29.2 Å². The summed E-state index contributed by atoms with van der Waals surface area (Å²) in [5.41, 5.74) is 3.23. The molecule has 0 aliphatic carbocycles. The van der Waals surface area contributed by atoms with Gasteiger partial charge in [-0.3, -0.25) is 9.59 Å². The monoisotopic (exact) mass is 346 g/mol. The van der Waals surface area contributed by atoms with Crippen LogP contribution in [-0.4, -0.2) is 36.3 Å². The highest BCUT2D eigenvalue weighted by Crippen LogP contribution is 2.27. The van der Waals surface area contributed by atoms with Crippen molar-refractivity contribution in [2.45, 2.75) is 19.3 Å². The maximum atomic E-state index is 12.9. The van der Waals surface area contributed by atoms with Crippen LogP contribution in [0.3, 0.4) is 0 Å². The molecular formula is C22H22N2O2. The summed E-state index contributed by atoms with van der Waals surface area (Å²) in [6.07, 6.45) is 7.38. The van der Waals surface area contributed by atoms with Gasteiger partial charge in [0.15, 0.2) is 0 Å². The third-order valence-corrected chi connectivity index (χ3v) is 5.08. The Morgan fingerprint density at radius 2 is 1.42 bits per heavy atom. The van der Waals surface area contributed by atoms with E-state index in [9.17, 15) is 9.59 Å². The molecule has 1 saturated heterocycles. The number of carbonyl (C=O) groups is 2. The molecule has 2 amide bonds. The SMILES string of the molecule is O=C(c1ccc(C(=O)N2CC=Cc3ccccc32)cc1)N1CCCCC1. The number of hydrogen-bond acceptors (Lipinski definition) is 2. The predicted molar refractivity (Wildman–Crippen MR) is 103 cm³/mol. The Kier molecular flexibility index (Phi) is 4.57. The number of amides is 2. The molecule has 0 atom stereocenters. The van der Waals surface area contributed by atoms with E-state index in [-0.39, 0.29) is 11.8 Å². The highest BCUT2D eigenvalue weighted by atomic mass is 16.2. The van der Waals surface area contributed by atoms with Crippen molar-refractivity contribution in [3.8, 4) is 0 Å². The summed E-state index contributed by atoms with van der Waals surface area (Å²) in [6.45, 7) is 2.22. The topological polar surface area (TPSA) is 40.6 Å². The van der Waals surface area contributed by atoms with Crippen molar-refractivity contribution in [2.24, 2.45) is 0 Å². The Balaban J connectivity index is 1.53. The first kappa shape index (κ1) is 16.6. The Hall–Kier alpha value is -2.88. The maximum Gasteiger partial charge on any atom is 0.258 e. The summed E-state index contributed by atoms with van der Waals surface area (Å²) in [5.74, 6) is 0.0220. The van der Waals surface area contributed by atoms with Gasteiger partial charge in [0.2, 0.25) is 0 Å². The number of fused-ring (bicyclic) bond motifs is 1. The molecule has 132 valence electrons. The van der Waals surface area contributed by atoms with Gasteiger partial charge in [-0.2, -0.15) is 0 Å². The van der Waals surface area contributed by atoms with E-state index < -0.39 is 0 Å². The van der Waals surface area contributed by atoms with E-state index in [4.69, 9.17) is 0 Å². The van der Waals surface area contributed by atoms with Crippen LogP contribution < -0.4 is 4.90 Å². The lowest BCUT2D eigenvalue weighted by Crippen LogP contribution is -2.35. The molecule has 0 saturated carbocycles. The van der Waals surface area contributed by atoms with E-state index in [0.717, 1.165) is 37.2 Å². The summed E-state index contributed by atoms with van der Waals surface area (Å²) in [5, 5.41) is 0. The Morgan fingerprint density at radius 1 is 0.769 bits per heavy atom. The molecule has 2 aliphatic heterocycles. The highest BCUT2D eigenvalue weighted by Gasteiger charge is 2.22. The second kappa shape index (κ2) is 7.16. The van der Waals surface area contributed by atoms with Gasteiger partial charge in [0.1, 0.15) is 0 Å². The molecule has 0 bridgehead atoms. The molecular weight excluding hydrogens is 324 g/mol. The van der Waals surface area contributed by atoms with Crippen molar-refractivity contribution in [1.82, 2.24) is 4.90 Å². The Bertz CT molecular complexity index is 849. The average molecular weight is 346 g/mol. The van der Waals surface area contributed by atoms with Gasteiger partial charge in [-0.05, 0) is 55.2 Å². The summed E-state index contributed by atoms with van der Waals surface area (Å²) < 4.78 is 0. The van der Waals surface area contributed by atoms with Crippen molar-refractivity contribution in [3.05, 3.63) is 71.3 Å². The molecule has 0 unspecified atom stereocenters. The maximum absolute atomic E-state index is 12.9. The lowest BCUT2D eigenvalue weighted by molar-refractivity contribution is 0.0724. The summed E-state index contributed by atoms with van der Waals surface area (Å²) in [4.78, 5) is 29.2. The van der Waals surface area contributed by atoms with Gasteiger partial charge < -0.3 is 9.80 Å². The molecule has 4 heteroatoms. The van der Waals surface area contributed by atoms with E-state index in [0.29, 0.717) is 17.7 Å². The minimum Gasteiger partial charge on any atom is -0.339 e. The fraction of sp³-hybridized carbons (Fsp3) is 0.273. The first-order valence-corrected chi connectivity index (χ1v) is 9.21. The summed E-state index contributed by atoms with van der Waals surface area (Å²) in [6, 6.07) is 15.0. The molecule has 2 heterocycles. The molecule has 4 rings (SSSR count). The van der Waals surface area contributed by atoms with Gasteiger partial charge in [0.05, 0.1) is 5.69 Å². The molecule has 2 aromatic rings. The first-order valence-electron chi connectivity index (χ1n) is 9.21. The number of rotatable bonds is 2. The van der Waals surface area contributed by atoms with Gasteiger partial charge in [-0.25, -0.2) is 0 Å². The second-order valence-electron chi connectivity index (χ2n) is 6.81. The van der Waals surface area contributed by atoms with Crippen LogP contribution in [0.2, 0.25) is 0 Å². The molecule has 0 aromatic heterocycles. The third kappa shape index (κ3) is 3.15. The third-order valence-electron chi connectivity index (χ3n) is 5.08. The zero-order valence-electron chi connectivity index (χ0n) is 14.7. The average Bonchev–Trinajstić information content (AvgIpc) is 2.73. The molecule has 4 nitrogen and oxygen atoms in total. The number of hydrogen-bond donors (Lipinski definition) is 0. The minimum atomic E-state index is -0.0428. The van der Waals surface area contributed by atoms with Gasteiger partial charge in [0.25, 0.3) is 11.8 Å². The van der Waals surface area contributed by atoms with Crippen molar-refractivity contribution in [3.63, 3.8) is 0 Å². The number of carbonyl (C=O) groups excluding carboxylic acids is 2. The van der Waals surface area contributed by atoms with E-state index >= 15 is 0 Å². The van der Waals surface area contributed by atoms with E-state index in [2.05, 4.69) is 0 Å². The van der Waals surface area contributed by atoms with Crippen LogP contribution in [-0.2, 0) is 0 Å². The molecule has 0 spiro atoms.